The zero-order valence-corrected chi connectivity index (χ0v) is 9.01. The van der Waals surface area contributed by atoms with Crippen molar-refractivity contribution in [3.05, 3.63) is 71.3 Å². The van der Waals surface area contributed by atoms with Crippen molar-refractivity contribution in [1.82, 2.24) is 0 Å². The Morgan fingerprint density at radius 2 is 1.44 bits per heavy atom. The lowest BCUT2D eigenvalue weighted by Crippen LogP contribution is -2.11. The van der Waals surface area contributed by atoms with Crippen LogP contribution in [0.3, 0.4) is 0 Å². The normalized spacial score (nSPS) is 12.4. The molecule has 2 rings (SSSR count). The third-order valence-corrected chi connectivity index (χ3v) is 2.68. The molecule has 0 aromatic heterocycles. The highest BCUT2D eigenvalue weighted by atomic mass is 16.3. The zero-order valence-electron chi connectivity index (χ0n) is 9.01. The van der Waals surface area contributed by atoms with Gasteiger partial charge in [0.05, 0.1) is 12.6 Å². The van der Waals surface area contributed by atoms with Crippen molar-refractivity contribution in [1.29, 1.82) is 0 Å². The maximum atomic E-state index is 8.95. The Balaban J connectivity index is 2.24. The second-order valence-corrected chi connectivity index (χ2v) is 3.79. The molecule has 2 heteroatoms. The molecule has 0 spiro atoms. The highest BCUT2D eigenvalue weighted by Crippen LogP contribution is 2.19. The van der Waals surface area contributed by atoms with Crippen LogP contribution in [-0.4, -0.2) is 5.11 Å². The van der Waals surface area contributed by atoms with Crippen LogP contribution < -0.4 is 5.73 Å². The fourth-order valence-corrected chi connectivity index (χ4v) is 1.68. The van der Waals surface area contributed by atoms with Gasteiger partial charge in [0.1, 0.15) is 0 Å². The first kappa shape index (κ1) is 10.9. The van der Waals surface area contributed by atoms with E-state index in [4.69, 9.17) is 10.8 Å². The van der Waals surface area contributed by atoms with E-state index in [-0.39, 0.29) is 12.6 Å². The number of hydrogen-bond donors (Lipinski definition) is 2. The molecule has 16 heavy (non-hydrogen) atoms. The van der Waals surface area contributed by atoms with Crippen LogP contribution in [0.25, 0.3) is 0 Å². The summed E-state index contributed by atoms with van der Waals surface area (Å²) < 4.78 is 0. The summed E-state index contributed by atoms with van der Waals surface area (Å²) in [4.78, 5) is 0. The summed E-state index contributed by atoms with van der Waals surface area (Å²) in [6.45, 7) is 0.0703. The summed E-state index contributed by atoms with van der Waals surface area (Å²) in [6, 6.07) is 17.6. The Morgan fingerprint density at radius 1 is 0.875 bits per heavy atom. The second kappa shape index (κ2) is 4.92. The van der Waals surface area contributed by atoms with Crippen LogP contribution in [0.2, 0.25) is 0 Å². The Hall–Kier alpha value is -1.64. The van der Waals surface area contributed by atoms with E-state index >= 15 is 0 Å². The molecule has 2 aromatic carbocycles. The molecule has 0 saturated heterocycles. The van der Waals surface area contributed by atoms with Crippen molar-refractivity contribution in [3.63, 3.8) is 0 Å². The average Bonchev–Trinajstić information content (AvgIpc) is 2.39. The fourth-order valence-electron chi connectivity index (χ4n) is 1.68. The molecule has 0 heterocycles. The smallest absolute Gasteiger partial charge is 0.0681 e. The topological polar surface area (TPSA) is 46.2 Å². The van der Waals surface area contributed by atoms with Crippen molar-refractivity contribution in [2.45, 2.75) is 12.6 Å². The number of nitrogens with two attached hydrogens (primary N) is 1. The molecule has 3 N–H and O–H groups in total. The molecular weight excluding hydrogens is 198 g/mol. The van der Waals surface area contributed by atoms with Crippen molar-refractivity contribution >= 4 is 0 Å². The number of hydrogen-bond acceptors (Lipinski definition) is 2. The first-order valence-electron chi connectivity index (χ1n) is 5.31. The number of rotatable bonds is 3. The Morgan fingerprint density at radius 3 is 2.00 bits per heavy atom. The Labute approximate surface area is 95.4 Å². The maximum absolute atomic E-state index is 8.95. The highest BCUT2D eigenvalue weighted by molar-refractivity contribution is 5.32. The minimum Gasteiger partial charge on any atom is -0.392 e. The van der Waals surface area contributed by atoms with Crippen molar-refractivity contribution < 1.29 is 5.11 Å². The highest BCUT2D eigenvalue weighted by Gasteiger charge is 2.07. The lowest BCUT2D eigenvalue weighted by atomic mass is 9.99. The van der Waals surface area contributed by atoms with Gasteiger partial charge < -0.3 is 10.8 Å². The first-order chi connectivity index (χ1) is 7.81. The van der Waals surface area contributed by atoms with Crippen LogP contribution in [0.5, 0.6) is 0 Å². The predicted octanol–water partition coefficient (Wildman–Crippen LogP) is 2.23. The molecule has 2 aromatic rings. The van der Waals surface area contributed by atoms with E-state index in [1.807, 2.05) is 54.6 Å². The van der Waals surface area contributed by atoms with E-state index in [0.717, 1.165) is 16.7 Å². The van der Waals surface area contributed by atoms with E-state index in [1.165, 1.54) is 0 Å². The van der Waals surface area contributed by atoms with Gasteiger partial charge in [-0.05, 0) is 16.7 Å². The number of benzene rings is 2. The average molecular weight is 213 g/mol. The van der Waals surface area contributed by atoms with Gasteiger partial charge in [-0.2, -0.15) is 0 Å². The summed E-state index contributed by atoms with van der Waals surface area (Å²) in [5.41, 5.74) is 9.21. The summed E-state index contributed by atoms with van der Waals surface area (Å²) in [7, 11) is 0. The minimum absolute atomic E-state index is 0.0703. The molecule has 0 saturated carbocycles. The maximum Gasteiger partial charge on any atom is 0.0681 e. The van der Waals surface area contributed by atoms with E-state index in [1.54, 1.807) is 0 Å². The molecular formula is C14H15NO. The van der Waals surface area contributed by atoms with Gasteiger partial charge in [-0.15, -0.1) is 0 Å². The van der Waals surface area contributed by atoms with Crippen LogP contribution in [0.1, 0.15) is 22.7 Å². The molecule has 0 aliphatic carbocycles. The van der Waals surface area contributed by atoms with E-state index in [9.17, 15) is 0 Å². The quantitative estimate of drug-likeness (QED) is 0.821. The van der Waals surface area contributed by atoms with Gasteiger partial charge in [0.2, 0.25) is 0 Å². The largest absolute Gasteiger partial charge is 0.392 e. The SMILES string of the molecule is NC(c1ccccc1)c1ccc(CO)cc1. The molecule has 82 valence electrons. The molecule has 0 radical (unpaired) electrons. The molecule has 1 unspecified atom stereocenters. The lowest BCUT2D eigenvalue weighted by molar-refractivity contribution is 0.282. The van der Waals surface area contributed by atoms with Crippen molar-refractivity contribution in [2.24, 2.45) is 5.73 Å². The summed E-state index contributed by atoms with van der Waals surface area (Å²) in [5.74, 6) is 0. The zero-order chi connectivity index (χ0) is 11.4. The van der Waals surface area contributed by atoms with Crippen LogP contribution in [0, 0.1) is 0 Å². The van der Waals surface area contributed by atoms with Gasteiger partial charge in [0.25, 0.3) is 0 Å². The second-order valence-electron chi connectivity index (χ2n) is 3.79. The number of aliphatic hydroxyl groups is 1. The first-order valence-corrected chi connectivity index (χ1v) is 5.31. The molecule has 2 nitrogen and oxygen atoms in total. The monoisotopic (exact) mass is 213 g/mol. The number of aliphatic hydroxyl groups excluding tert-OH is 1. The van der Waals surface area contributed by atoms with Gasteiger partial charge in [0.15, 0.2) is 0 Å². The van der Waals surface area contributed by atoms with Crippen molar-refractivity contribution in [3.8, 4) is 0 Å². The Bertz CT molecular complexity index is 436. The molecule has 0 amide bonds. The molecule has 1 atom stereocenters. The molecule has 0 bridgehead atoms. The van der Waals surface area contributed by atoms with Gasteiger partial charge >= 0.3 is 0 Å². The van der Waals surface area contributed by atoms with Crippen LogP contribution in [0.15, 0.2) is 54.6 Å². The third kappa shape index (κ3) is 2.30. The van der Waals surface area contributed by atoms with Crippen LogP contribution in [-0.2, 0) is 6.61 Å². The van der Waals surface area contributed by atoms with E-state index in [2.05, 4.69) is 0 Å². The molecule has 0 aliphatic heterocycles. The van der Waals surface area contributed by atoms with Crippen LogP contribution >= 0.6 is 0 Å². The molecule has 0 aliphatic rings. The van der Waals surface area contributed by atoms with Gasteiger partial charge in [-0.1, -0.05) is 54.6 Å². The predicted molar refractivity (Wildman–Crippen MR) is 64.8 cm³/mol. The van der Waals surface area contributed by atoms with Gasteiger partial charge in [-0.3, -0.25) is 0 Å². The molecule has 0 fully saturated rings. The van der Waals surface area contributed by atoms with Crippen molar-refractivity contribution in [2.75, 3.05) is 0 Å². The fraction of sp³-hybridized carbons (Fsp3) is 0.143. The van der Waals surface area contributed by atoms with E-state index in [0.29, 0.717) is 0 Å². The summed E-state index contributed by atoms with van der Waals surface area (Å²) in [5, 5.41) is 8.95. The summed E-state index contributed by atoms with van der Waals surface area (Å²) in [6.07, 6.45) is 0. The Kier molecular flexibility index (Phi) is 3.34. The van der Waals surface area contributed by atoms with E-state index < -0.39 is 0 Å². The third-order valence-electron chi connectivity index (χ3n) is 2.68. The minimum atomic E-state index is -0.103. The summed E-state index contributed by atoms with van der Waals surface area (Å²) >= 11 is 0. The van der Waals surface area contributed by atoms with Gasteiger partial charge in [0, 0.05) is 0 Å². The van der Waals surface area contributed by atoms with Gasteiger partial charge in [-0.25, -0.2) is 0 Å². The lowest BCUT2D eigenvalue weighted by Gasteiger charge is -2.12. The van der Waals surface area contributed by atoms with Crippen LogP contribution in [0.4, 0.5) is 0 Å². The standard InChI is InChI=1S/C14H15NO/c15-14(12-4-2-1-3-5-12)13-8-6-11(10-16)7-9-13/h1-9,14,16H,10,15H2.